The Labute approximate surface area is 118 Å². The maximum absolute atomic E-state index is 12.5. The summed E-state index contributed by atoms with van der Waals surface area (Å²) in [7, 11) is -3.27. The van der Waals surface area contributed by atoms with Gasteiger partial charge in [-0.2, -0.15) is 17.4 Å². The molecule has 2 atom stereocenters. The lowest BCUT2D eigenvalue weighted by atomic mass is 9.83. The summed E-state index contributed by atoms with van der Waals surface area (Å²) in [5.41, 5.74) is 0. The second kappa shape index (κ2) is 7.04. The minimum atomic E-state index is -3.27. The molecule has 0 aromatic heterocycles. The van der Waals surface area contributed by atoms with Crippen LogP contribution >= 0.6 is 0 Å². The quantitative estimate of drug-likeness (QED) is 0.864. The van der Waals surface area contributed by atoms with Crippen molar-refractivity contribution in [3.8, 4) is 0 Å². The number of nitrogens with one attached hydrogen (secondary N) is 1. The zero-order chi connectivity index (χ0) is 13.7. The first-order valence-corrected chi connectivity index (χ1v) is 9.35. The van der Waals surface area contributed by atoms with Crippen LogP contribution in [0.5, 0.6) is 0 Å². The average molecular weight is 288 g/mol. The van der Waals surface area contributed by atoms with Crippen molar-refractivity contribution in [3.63, 3.8) is 0 Å². The normalized spacial score (nSPS) is 31.0. The molecule has 1 saturated carbocycles. The van der Waals surface area contributed by atoms with E-state index in [4.69, 9.17) is 0 Å². The summed E-state index contributed by atoms with van der Waals surface area (Å²) in [6.45, 7) is 3.56. The molecule has 112 valence electrons. The molecule has 1 saturated heterocycles. The van der Waals surface area contributed by atoms with Crippen LogP contribution in [0.4, 0.5) is 0 Å². The molecule has 1 aliphatic heterocycles. The smallest absolute Gasteiger partial charge is 0.199 e. The molecule has 1 heterocycles. The molecule has 19 heavy (non-hydrogen) atoms. The monoisotopic (exact) mass is 288 g/mol. The van der Waals surface area contributed by atoms with E-state index in [0.717, 1.165) is 44.9 Å². The minimum absolute atomic E-state index is 0.159. The second-order valence-electron chi connectivity index (χ2n) is 6.00. The molecule has 0 bridgehead atoms. The van der Waals surface area contributed by atoms with Gasteiger partial charge in [0.25, 0.3) is 10.2 Å². The highest BCUT2D eigenvalue weighted by Gasteiger charge is 2.30. The van der Waals surface area contributed by atoms with Crippen LogP contribution < -0.4 is 4.72 Å². The first-order chi connectivity index (χ1) is 9.13. The van der Waals surface area contributed by atoms with E-state index in [1.807, 2.05) is 0 Å². The zero-order valence-electron chi connectivity index (χ0n) is 12.1. The predicted octanol–water partition coefficient (Wildman–Crippen LogP) is 2.67. The van der Waals surface area contributed by atoms with Crippen molar-refractivity contribution < 1.29 is 8.42 Å². The Hall–Kier alpha value is -0.130. The van der Waals surface area contributed by atoms with Gasteiger partial charge in [0, 0.05) is 19.1 Å². The molecule has 5 heteroatoms. The number of nitrogens with zero attached hydrogens (tertiary/aromatic N) is 1. The summed E-state index contributed by atoms with van der Waals surface area (Å²) in [6.07, 6.45) is 9.98. The van der Waals surface area contributed by atoms with Gasteiger partial charge in [0.15, 0.2) is 0 Å². The van der Waals surface area contributed by atoms with E-state index in [9.17, 15) is 8.42 Å². The van der Waals surface area contributed by atoms with Crippen molar-refractivity contribution in [2.75, 3.05) is 13.1 Å². The van der Waals surface area contributed by atoms with Gasteiger partial charge in [-0.05, 0) is 31.6 Å². The Morgan fingerprint density at radius 3 is 2.26 bits per heavy atom. The topological polar surface area (TPSA) is 49.4 Å². The molecule has 0 radical (unpaired) electrons. The van der Waals surface area contributed by atoms with Gasteiger partial charge >= 0.3 is 0 Å². The van der Waals surface area contributed by atoms with E-state index in [1.165, 1.54) is 12.8 Å². The molecule has 4 nitrogen and oxygen atoms in total. The maximum atomic E-state index is 12.5. The van der Waals surface area contributed by atoms with E-state index >= 15 is 0 Å². The molecule has 2 rings (SSSR count). The van der Waals surface area contributed by atoms with Gasteiger partial charge in [-0.15, -0.1) is 0 Å². The summed E-state index contributed by atoms with van der Waals surface area (Å²) < 4.78 is 29.6. The Bertz CT molecular complexity index is 362. The molecule has 0 aromatic carbocycles. The van der Waals surface area contributed by atoms with Crippen molar-refractivity contribution in [3.05, 3.63) is 0 Å². The summed E-state index contributed by atoms with van der Waals surface area (Å²) in [5, 5.41) is 0. The highest BCUT2D eigenvalue weighted by atomic mass is 32.2. The molecule has 2 fully saturated rings. The van der Waals surface area contributed by atoms with Crippen molar-refractivity contribution >= 4 is 10.2 Å². The first-order valence-electron chi connectivity index (χ1n) is 7.91. The molecule has 1 N–H and O–H groups in total. The fourth-order valence-corrected chi connectivity index (χ4v) is 4.98. The van der Waals surface area contributed by atoms with Crippen LogP contribution in [-0.4, -0.2) is 31.9 Å². The van der Waals surface area contributed by atoms with E-state index < -0.39 is 10.2 Å². The van der Waals surface area contributed by atoms with Crippen molar-refractivity contribution in [2.24, 2.45) is 5.92 Å². The molecule has 0 amide bonds. The van der Waals surface area contributed by atoms with Crippen LogP contribution in [0, 0.1) is 5.92 Å². The van der Waals surface area contributed by atoms with Crippen molar-refractivity contribution in [2.45, 2.75) is 70.8 Å². The predicted molar refractivity (Wildman–Crippen MR) is 78.1 cm³/mol. The van der Waals surface area contributed by atoms with Gasteiger partial charge < -0.3 is 0 Å². The SMILES string of the molecule is CC[C@@H]1CCCC[C@H]1NS(=O)(=O)N1CCCCCC1. The molecule has 2 aliphatic rings. The van der Waals surface area contributed by atoms with Gasteiger partial charge in [0.05, 0.1) is 0 Å². The summed E-state index contributed by atoms with van der Waals surface area (Å²) in [6, 6.07) is 0.159. The third kappa shape index (κ3) is 4.17. The number of hydrogen-bond acceptors (Lipinski definition) is 2. The lowest BCUT2D eigenvalue weighted by Gasteiger charge is -2.33. The highest BCUT2D eigenvalue weighted by molar-refractivity contribution is 7.87. The van der Waals surface area contributed by atoms with Gasteiger partial charge in [-0.3, -0.25) is 0 Å². The van der Waals surface area contributed by atoms with Crippen LogP contribution in [0.1, 0.15) is 64.7 Å². The second-order valence-corrected chi connectivity index (χ2v) is 7.70. The van der Waals surface area contributed by atoms with E-state index in [2.05, 4.69) is 11.6 Å². The maximum Gasteiger partial charge on any atom is 0.279 e. The summed E-state index contributed by atoms with van der Waals surface area (Å²) >= 11 is 0. The van der Waals surface area contributed by atoms with Gasteiger partial charge in [0.1, 0.15) is 0 Å². The fraction of sp³-hybridized carbons (Fsp3) is 1.00. The molecular formula is C14H28N2O2S. The van der Waals surface area contributed by atoms with E-state index in [0.29, 0.717) is 19.0 Å². The molecule has 0 unspecified atom stereocenters. The van der Waals surface area contributed by atoms with Crippen LogP contribution in [-0.2, 0) is 10.2 Å². The van der Waals surface area contributed by atoms with E-state index in [1.54, 1.807) is 4.31 Å². The van der Waals surface area contributed by atoms with E-state index in [-0.39, 0.29) is 6.04 Å². The minimum Gasteiger partial charge on any atom is -0.199 e. The third-order valence-electron chi connectivity index (χ3n) is 4.64. The fourth-order valence-electron chi connectivity index (χ4n) is 3.40. The lowest BCUT2D eigenvalue weighted by molar-refractivity contribution is 0.276. The first kappa shape index (κ1) is 15.3. The zero-order valence-corrected chi connectivity index (χ0v) is 12.9. The van der Waals surface area contributed by atoms with Crippen LogP contribution in [0.15, 0.2) is 0 Å². The molecule has 0 aromatic rings. The Kier molecular flexibility index (Phi) is 5.66. The Morgan fingerprint density at radius 1 is 1.00 bits per heavy atom. The summed E-state index contributed by atoms with van der Waals surface area (Å²) in [4.78, 5) is 0. The van der Waals surface area contributed by atoms with Gasteiger partial charge in [-0.1, -0.05) is 39.0 Å². The third-order valence-corrected chi connectivity index (χ3v) is 6.28. The van der Waals surface area contributed by atoms with Crippen molar-refractivity contribution in [1.29, 1.82) is 0 Å². The standard InChI is InChI=1S/C14H28N2O2S/c1-2-13-9-5-6-10-14(13)15-19(17,18)16-11-7-3-4-8-12-16/h13-15H,2-12H2,1H3/t13-,14-/m1/s1. The largest absolute Gasteiger partial charge is 0.279 e. The lowest BCUT2D eigenvalue weighted by Crippen LogP contribution is -2.49. The van der Waals surface area contributed by atoms with Crippen LogP contribution in [0.25, 0.3) is 0 Å². The van der Waals surface area contributed by atoms with Crippen LogP contribution in [0.3, 0.4) is 0 Å². The molecular weight excluding hydrogens is 260 g/mol. The molecule has 1 aliphatic carbocycles. The Balaban J connectivity index is 1.98. The molecule has 0 spiro atoms. The number of rotatable bonds is 4. The average Bonchev–Trinajstić information content (AvgIpc) is 2.68. The van der Waals surface area contributed by atoms with Crippen molar-refractivity contribution in [1.82, 2.24) is 9.03 Å². The Morgan fingerprint density at radius 2 is 1.63 bits per heavy atom. The van der Waals surface area contributed by atoms with Gasteiger partial charge in [-0.25, -0.2) is 0 Å². The highest BCUT2D eigenvalue weighted by Crippen LogP contribution is 2.27. The van der Waals surface area contributed by atoms with Crippen LogP contribution in [0.2, 0.25) is 0 Å². The number of hydrogen-bond donors (Lipinski definition) is 1. The van der Waals surface area contributed by atoms with Gasteiger partial charge in [0.2, 0.25) is 0 Å². The summed E-state index contributed by atoms with van der Waals surface area (Å²) in [5.74, 6) is 0.524.